The van der Waals surface area contributed by atoms with Crippen LogP contribution in [0.15, 0.2) is 78.9 Å². The summed E-state index contributed by atoms with van der Waals surface area (Å²) in [5.74, 6) is -2.32. The van der Waals surface area contributed by atoms with Gasteiger partial charge in [-0.05, 0) is 30.3 Å². The fourth-order valence-corrected chi connectivity index (χ4v) is 4.41. The molecular formula is C23H16N4O7. The third-order valence-electron chi connectivity index (χ3n) is 5.90. The number of nitrogens with zero attached hydrogens (tertiary/aromatic N) is 4. The minimum Gasteiger partial charge on any atom is -0.273 e. The van der Waals surface area contributed by atoms with Gasteiger partial charge in [0.05, 0.1) is 26.8 Å². The Morgan fingerprint density at radius 3 is 2.03 bits per heavy atom. The van der Waals surface area contributed by atoms with Crippen molar-refractivity contribution in [3.05, 3.63) is 105 Å². The van der Waals surface area contributed by atoms with Crippen LogP contribution >= 0.6 is 0 Å². The van der Waals surface area contributed by atoms with Gasteiger partial charge in [0.2, 0.25) is 5.91 Å². The van der Waals surface area contributed by atoms with Crippen molar-refractivity contribution in [3.8, 4) is 0 Å². The molecule has 0 spiro atoms. The number of rotatable bonds is 5. The predicted molar refractivity (Wildman–Crippen MR) is 119 cm³/mol. The van der Waals surface area contributed by atoms with Crippen molar-refractivity contribution in [3.63, 3.8) is 0 Å². The highest BCUT2D eigenvalue weighted by molar-refractivity contribution is 6.24. The first-order valence-electron chi connectivity index (χ1n) is 10.2. The Labute approximate surface area is 192 Å². The van der Waals surface area contributed by atoms with Crippen LogP contribution in [-0.2, 0) is 14.4 Å². The molecule has 170 valence electrons. The van der Waals surface area contributed by atoms with Gasteiger partial charge in [-0.1, -0.05) is 30.3 Å². The molecule has 11 heteroatoms. The summed E-state index contributed by atoms with van der Waals surface area (Å²) in [6.45, 7) is 0. The summed E-state index contributed by atoms with van der Waals surface area (Å²) < 4.78 is 0. The maximum absolute atomic E-state index is 13.6. The Kier molecular flexibility index (Phi) is 5.02. The Hall–Kier alpha value is -4.64. The zero-order valence-corrected chi connectivity index (χ0v) is 17.4. The van der Waals surface area contributed by atoms with E-state index in [4.69, 9.17) is 4.84 Å². The third kappa shape index (κ3) is 3.26. The second kappa shape index (κ2) is 8.05. The molecule has 2 heterocycles. The van der Waals surface area contributed by atoms with Crippen LogP contribution in [-0.4, -0.2) is 27.8 Å². The second-order valence-electron chi connectivity index (χ2n) is 7.76. The van der Waals surface area contributed by atoms with Crippen molar-refractivity contribution in [2.45, 2.75) is 12.1 Å². The number of para-hydroxylation sites is 2. The zero-order valence-electron chi connectivity index (χ0n) is 17.4. The fourth-order valence-electron chi connectivity index (χ4n) is 4.41. The molecule has 0 aromatic heterocycles. The van der Waals surface area contributed by atoms with Crippen LogP contribution in [0.1, 0.15) is 11.6 Å². The molecule has 3 aromatic rings. The quantitative estimate of drug-likeness (QED) is 0.320. The summed E-state index contributed by atoms with van der Waals surface area (Å²) in [6, 6.07) is 18.8. The maximum Gasteiger partial charge on any atom is 0.274 e. The Morgan fingerprint density at radius 2 is 1.38 bits per heavy atom. The number of nitro benzene ring substituents is 2. The lowest BCUT2D eigenvalue weighted by molar-refractivity contribution is -0.385. The Bertz CT molecular complexity index is 1310. The summed E-state index contributed by atoms with van der Waals surface area (Å²) in [7, 11) is 0. The van der Waals surface area contributed by atoms with E-state index >= 15 is 0 Å². The molecule has 0 saturated carbocycles. The minimum atomic E-state index is -1.22. The van der Waals surface area contributed by atoms with Crippen LogP contribution < -0.4 is 9.96 Å². The number of non-ortho nitro benzene ring substituents is 1. The summed E-state index contributed by atoms with van der Waals surface area (Å²) in [5.41, 5.74) is 0.531. The van der Waals surface area contributed by atoms with Crippen LogP contribution in [0.5, 0.6) is 0 Å². The Balaban J connectivity index is 1.60. The number of benzene rings is 3. The highest BCUT2D eigenvalue weighted by atomic mass is 16.7. The molecule has 0 N–H and O–H groups in total. The first-order chi connectivity index (χ1) is 16.4. The molecule has 2 aliphatic heterocycles. The number of anilines is 2. The van der Waals surface area contributed by atoms with Gasteiger partial charge in [0.25, 0.3) is 17.3 Å². The van der Waals surface area contributed by atoms with Gasteiger partial charge in [0.15, 0.2) is 6.10 Å². The number of amides is 2. The van der Waals surface area contributed by atoms with Gasteiger partial charge in [0.1, 0.15) is 12.0 Å². The number of imide groups is 1. The smallest absolute Gasteiger partial charge is 0.273 e. The molecule has 2 amide bonds. The molecule has 2 saturated heterocycles. The summed E-state index contributed by atoms with van der Waals surface area (Å²) >= 11 is 0. The molecule has 34 heavy (non-hydrogen) atoms. The highest BCUT2D eigenvalue weighted by Crippen LogP contribution is 2.49. The van der Waals surface area contributed by atoms with Crippen molar-refractivity contribution >= 4 is 34.6 Å². The molecule has 11 nitrogen and oxygen atoms in total. The van der Waals surface area contributed by atoms with Crippen LogP contribution in [0.4, 0.5) is 22.7 Å². The number of hydrogen-bond donors (Lipinski definition) is 0. The van der Waals surface area contributed by atoms with E-state index in [0.29, 0.717) is 5.69 Å². The van der Waals surface area contributed by atoms with E-state index in [1.54, 1.807) is 36.4 Å². The first-order valence-corrected chi connectivity index (χ1v) is 10.2. The number of carbonyl (C=O) groups is 2. The van der Waals surface area contributed by atoms with Crippen LogP contribution in [0, 0.1) is 26.1 Å². The van der Waals surface area contributed by atoms with Gasteiger partial charge in [-0.25, -0.2) is 9.96 Å². The minimum absolute atomic E-state index is 0.158. The van der Waals surface area contributed by atoms with Crippen LogP contribution in [0.3, 0.4) is 0 Å². The molecule has 0 unspecified atom stereocenters. The molecule has 3 aromatic carbocycles. The maximum atomic E-state index is 13.6. The average Bonchev–Trinajstić information content (AvgIpc) is 3.35. The van der Waals surface area contributed by atoms with E-state index in [-0.39, 0.29) is 22.6 Å². The van der Waals surface area contributed by atoms with Crippen LogP contribution in [0.2, 0.25) is 0 Å². The number of carbonyl (C=O) groups excluding carboxylic acids is 2. The highest BCUT2D eigenvalue weighted by Gasteiger charge is 2.61. The summed E-state index contributed by atoms with van der Waals surface area (Å²) in [4.78, 5) is 55.3. The van der Waals surface area contributed by atoms with Gasteiger partial charge in [-0.2, -0.15) is 0 Å². The second-order valence-corrected chi connectivity index (χ2v) is 7.76. The van der Waals surface area contributed by atoms with E-state index in [2.05, 4.69) is 0 Å². The number of hydrogen-bond acceptors (Lipinski definition) is 8. The SMILES string of the molecule is O=C1[C@@H]2[C@@H](ON(c3ccccc3)[C@H]2c2ccccc2[N+](=O)[O-])C(=O)N1c1ccc([N+](=O)[O-])cc1. The van der Waals surface area contributed by atoms with E-state index in [9.17, 15) is 29.8 Å². The molecule has 0 bridgehead atoms. The summed E-state index contributed by atoms with van der Waals surface area (Å²) in [5, 5.41) is 24.1. The topological polar surface area (TPSA) is 136 Å². The molecule has 2 aliphatic rings. The number of fused-ring (bicyclic) bond motifs is 1. The van der Waals surface area contributed by atoms with Crippen molar-refractivity contribution in [2.24, 2.45) is 5.92 Å². The molecule has 2 fully saturated rings. The molecule has 5 rings (SSSR count). The van der Waals surface area contributed by atoms with Crippen molar-refractivity contribution in [1.29, 1.82) is 0 Å². The molecule has 3 atom stereocenters. The van der Waals surface area contributed by atoms with Crippen LogP contribution in [0.25, 0.3) is 0 Å². The molecule has 0 aliphatic carbocycles. The standard InChI is InChI=1S/C23H16N4O7/c28-22-19-20(17-8-4-5-9-18(17)27(32)33)25(15-6-2-1-3-7-15)34-21(19)23(29)24(22)14-10-12-16(13-11-14)26(30)31/h1-13,19-21H/t19-,20-,21+/m0/s1. The number of nitro groups is 2. The molecule has 0 radical (unpaired) electrons. The zero-order chi connectivity index (χ0) is 24.0. The fraction of sp³-hybridized carbons (Fsp3) is 0.130. The normalized spacial score (nSPS) is 21.6. The van der Waals surface area contributed by atoms with E-state index < -0.39 is 39.7 Å². The van der Waals surface area contributed by atoms with E-state index in [1.165, 1.54) is 47.5 Å². The number of hydroxylamine groups is 1. The van der Waals surface area contributed by atoms with Crippen molar-refractivity contribution < 1.29 is 24.3 Å². The predicted octanol–water partition coefficient (Wildman–Crippen LogP) is 3.55. The first kappa shape index (κ1) is 21.2. The third-order valence-corrected chi connectivity index (χ3v) is 5.90. The summed E-state index contributed by atoms with van der Waals surface area (Å²) in [6.07, 6.45) is -1.22. The lowest BCUT2D eigenvalue weighted by atomic mass is 9.89. The largest absolute Gasteiger partial charge is 0.274 e. The monoisotopic (exact) mass is 460 g/mol. The van der Waals surface area contributed by atoms with E-state index in [0.717, 1.165) is 4.90 Å². The van der Waals surface area contributed by atoms with Gasteiger partial charge >= 0.3 is 0 Å². The van der Waals surface area contributed by atoms with E-state index in [1.807, 2.05) is 0 Å². The lowest BCUT2D eigenvalue weighted by Gasteiger charge is -2.28. The Morgan fingerprint density at radius 1 is 0.735 bits per heavy atom. The van der Waals surface area contributed by atoms with Gasteiger partial charge in [0, 0.05) is 18.2 Å². The van der Waals surface area contributed by atoms with Gasteiger partial charge in [-0.3, -0.25) is 34.7 Å². The van der Waals surface area contributed by atoms with Gasteiger partial charge in [-0.15, -0.1) is 0 Å². The lowest BCUT2D eigenvalue weighted by Crippen LogP contribution is -2.37. The average molecular weight is 460 g/mol. The van der Waals surface area contributed by atoms with Crippen molar-refractivity contribution in [2.75, 3.05) is 9.96 Å². The van der Waals surface area contributed by atoms with Gasteiger partial charge < -0.3 is 0 Å². The van der Waals surface area contributed by atoms with Crippen molar-refractivity contribution in [1.82, 2.24) is 0 Å². The molecular weight excluding hydrogens is 444 g/mol.